The Morgan fingerprint density at radius 2 is 1.93 bits per heavy atom. The van der Waals surface area contributed by atoms with E-state index in [4.69, 9.17) is 11.6 Å². The summed E-state index contributed by atoms with van der Waals surface area (Å²) in [6.07, 6.45) is 2.41. The van der Waals surface area contributed by atoms with Crippen molar-refractivity contribution >= 4 is 52.6 Å². The van der Waals surface area contributed by atoms with Gasteiger partial charge in [0.2, 0.25) is 11.8 Å². The number of urea groups is 1. The predicted molar refractivity (Wildman–Crippen MR) is 121 cm³/mol. The molecule has 0 saturated heterocycles. The summed E-state index contributed by atoms with van der Waals surface area (Å²) in [6, 6.07) is 13.1. The quantitative estimate of drug-likeness (QED) is 0.609. The maximum Gasteiger partial charge on any atom is 0.323 e. The molecule has 0 aromatic heterocycles. The van der Waals surface area contributed by atoms with Crippen LogP contribution in [0.1, 0.15) is 12.0 Å². The number of benzene rings is 2. The van der Waals surface area contributed by atoms with Gasteiger partial charge in [-0.2, -0.15) is 11.8 Å². The fourth-order valence-electron chi connectivity index (χ4n) is 3.06. The Labute approximate surface area is 184 Å². The van der Waals surface area contributed by atoms with Crippen LogP contribution in [0.4, 0.5) is 16.2 Å². The molecule has 158 valence electrons. The first-order valence-electron chi connectivity index (χ1n) is 9.46. The van der Waals surface area contributed by atoms with E-state index in [9.17, 15) is 14.4 Å². The maximum atomic E-state index is 12.9. The molecule has 2 aromatic rings. The SMILES string of the molecule is CSCC[C@@H](NC(=O)N1CC(=O)Nc2ccccc21)C(=O)NCc1ccc(Cl)cc1. The van der Waals surface area contributed by atoms with Crippen LogP contribution < -0.4 is 20.9 Å². The molecule has 0 saturated carbocycles. The van der Waals surface area contributed by atoms with Crippen molar-refractivity contribution in [2.75, 3.05) is 28.8 Å². The molecule has 1 aliphatic heterocycles. The number of amides is 4. The number of carbonyl (C=O) groups is 3. The van der Waals surface area contributed by atoms with Crippen molar-refractivity contribution in [3.63, 3.8) is 0 Å². The molecule has 1 heterocycles. The zero-order chi connectivity index (χ0) is 21.5. The number of carbonyl (C=O) groups excluding carboxylic acids is 3. The summed E-state index contributed by atoms with van der Waals surface area (Å²) >= 11 is 7.48. The van der Waals surface area contributed by atoms with Crippen molar-refractivity contribution in [1.82, 2.24) is 10.6 Å². The molecular formula is C21H23ClN4O3S. The first-order valence-corrected chi connectivity index (χ1v) is 11.2. The third-order valence-corrected chi connectivity index (χ3v) is 5.52. The van der Waals surface area contributed by atoms with Crippen molar-refractivity contribution in [2.45, 2.75) is 19.0 Å². The highest BCUT2D eigenvalue weighted by molar-refractivity contribution is 7.98. The molecule has 0 bridgehead atoms. The van der Waals surface area contributed by atoms with Crippen LogP contribution in [0.2, 0.25) is 5.02 Å². The van der Waals surface area contributed by atoms with Crippen LogP contribution in [0.3, 0.4) is 0 Å². The van der Waals surface area contributed by atoms with Crippen LogP contribution in [0.25, 0.3) is 0 Å². The number of hydrogen-bond acceptors (Lipinski definition) is 4. The Kier molecular flexibility index (Phi) is 7.59. The first-order chi connectivity index (χ1) is 14.5. The average Bonchev–Trinajstić information content (AvgIpc) is 2.75. The Bertz CT molecular complexity index is 923. The lowest BCUT2D eigenvalue weighted by Gasteiger charge is -2.30. The molecule has 0 unspecified atom stereocenters. The molecule has 9 heteroatoms. The third kappa shape index (κ3) is 5.67. The van der Waals surface area contributed by atoms with E-state index >= 15 is 0 Å². The fourth-order valence-corrected chi connectivity index (χ4v) is 3.66. The molecule has 0 fully saturated rings. The number of rotatable bonds is 7. The highest BCUT2D eigenvalue weighted by atomic mass is 35.5. The molecule has 0 radical (unpaired) electrons. The van der Waals surface area contributed by atoms with Gasteiger partial charge in [-0.05, 0) is 48.3 Å². The molecule has 0 spiro atoms. The Morgan fingerprint density at radius 1 is 1.20 bits per heavy atom. The second kappa shape index (κ2) is 10.4. The van der Waals surface area contributed by atoms with Gasteiger partial charge in [-0.1, -0.05) is 35.9 Å². The summed E-state index contributed by atoms with van der Waals surface area (Å²) in [5.74, 6) is 0.148. The van der Waals surface area contributed by atoms with E-state index in [2.05, 4.69) is 16.0 Å². The Hall–Kier alpha value is -2.71. The van der Waals surface area contributed by atoms with E-state index in [1.165, 1.54) is 4.90 Å². The van der Waals surface area contributed by atoms with Gasteiger partial charge >= 0.3 is 6.03 Å². The minimum absolute atomic E-state index is 0.107. The molecule has 1 aliphatic rings. The van der Waals surface area contributed by atoms with Crippen LogP contribution in [0, 0.1) is 0 Å². The van der Waals surface area contributed by atoms with Gasteiger partial charge < -0.3 is 16.0 Å². The smallest absolute Gasteiger partial charge is 0.323 e. The third-order valence-electron chi connectivity index (χ3n) is 4.62. The fraction of sp³-hybridized carbons (Fsp3) is 0.286. The van der Waals surface area contributed by atoms with Gasteiger partial charge in [-0.15, -0.1) is 0 Å². The van der Waals surface area contributed by atoms with E-state index in [0.717, 1.165) is 5.56 Å². The largest absolute Gasteiger partial charge is 0.350 e. The predicted octanol–water partition coefficient (Wildman–Crippen LogP) is 3.25. The number of thioether (sulfide) groups is 1. The normalized spacial score (nSPS) is 13.8. The van der Waals surface area contributed by atoms with Gasteiger partial charge in [0, 0.05) is 11.6 Å². The summed E-state index contributed by atoms with van der Waals surface area (Å²) in [5.41, 5.74) is 2.07. The summed E-state index contributed by atoms with van der Waals surface area (Å²) in [6.45, 7) is 0.223. The summed E-state index contributed by atoms with van der Waals surface area (Å²) in [4.78, 5) is 39.0. The summed E-state index contributed by atoms with van der Waals surface area (Å²) in [7, 11) is 0. The second-order valence-corrected chi connectivity index (χ2v) is 8.20. The van der Waals surface area contributed by atoms with Gasteiger partial charge in [0.25, 0.3) is 0 Å². The number of hydrogen-bond donors (Lipinski definition) is 3. The molecule has 1 atom stereocenters. The molecular weight excluding hydrogens is 424 g/mol. The van der Waals surface area contributed by atoms with Crippen molar-refractivity contribution in [1.29, 1.82) is 0 Å². The summed E-state index contributed by atoms with van der Waals surface area (Å²) in [5, 5.41) is 9.02. The highest BCUT2D eigenvalue weighted by Gasteiger charge is 2.29. The van der Waals surface area contributed by atoms with Gasteiger partial charge in [0.05, 0.1) is 11.4 Å². The minimum atomic E-state index is -0.714. The lowest BCUT2D eigenvalue weighted by molar-refractivity contribution is -0.123. The molecule has 3 N–H and O–H groups in total. The number of anilines is 2. The zero-order valence-electron chi connectivity index (χ0n) is 16.5. The van der Waals surface area contributed by atoms with Crippen molar-refractivity contribution in [3.8, 4) is 0 Å². The summed E-state index contributed by atoms with van der Waals surface area (Å²) < 4.78 is 0. The highest BCUT2D eigenvalue weighted by Crippen LogP contribution is 2.28. The zero-order valence-corrected chi connectivity index (χ0v) is 18.1. The van der Waals surface area contributed by atoms with E-state index in [1.807, 2.05) is 18.4 Å². The lowest BCUT2D eigenvalue weighted by atomic mass is 10.1. The van der Waals surface area contributed by atoms with Crippen molar-refractivity contribution in [3.05, 3.63) is 59.1 Å². The van der Waals surface area contributed by atoms with E-state index in [-0.39, 0.29) is 18.4 Å². The van der Waals surface area contributed by atoms with Crippen LogP contribution in [-0.4, -0.2) is 42.4 Å². The van der Waals surface area contributed by atoms with Crippen molar-refractivity contribution in [2.24, 2.45) is 0 Å². The number of fused-ring (bicyclic) bond motifs is 1. The molecule has 7 nitrogen and oxygen atoms in total. The molecule has 3 rings (SSSR count). The topological polar surface area (TPSA) is 90.5 Å². The molecule has 0 aliphatic carbocycles. The van der Waals surface area contributed by atoms with Crippen LogP contribution in [-0.2, 0) is 16.1 Å². The van der Waals surface area contributed by atoms with E-state index < -0.39 is 12.1 Å². The number of nitrogens with one attached hydrogen (secondary N) is 3. The number of halogens is 1. The maximum absolute atomic E-state index is 12.9. The molecule has 4 amide bonds. The number of nitrogens with zero attached hydrogens (tertiary/aromatic N) is 1. The van der Waals surface area contributed by atoms with Crippen LogP contribution in [0.15, 0.2) is 48.5 Å². The van der Waals surface area contributed by atoms with E-state index in [0.29, 0.717) is 35.1 Å². The first kappa shape index (κ1) is 22.0. The number of para-hydroxylation sites is 2. The van der Waals surface area contributed by atoms with Gasteiger partial charge in [0.15, 0.2) is 0 Å². The van der Waals surface area contributed by atoms with Gasteiger partial charge in [-0.25, -0.2) is 4.79 Å². The standard InChI is InChI=1S/C21H23ClN4O3S/c1-30-11-10-17(20(28)23-12-14-6-8-15(22)9-7-14)25-21(29)26-13-19(27)24-16-4-2-3-5-18(16)26/h2-9,17H,10-13H2,1H3,(H,23,28)(H,24,27)(H,25,29)/t17-/m1/s1. The van der Waals surface area contributed by atoms with Crippen LogP contribution >= 0.6 is 23.4 Å². The monoisotopic (exact) mass is 446 g/mol. The minimum Gasteiger partial charge on any atom is -0.350 e. The second-order valence-electron chi connectivity index (χ2n) is 6.78. The average molecular weight is 447 g/mol. The van der Waals surface area contributed by atoms with Gasteiger partial charge in [-0.3, -0.25) is 14.5 Å². The molecule has 2 aromatic carbocycles. The Balaban J connectivity index is 1.67. The lowest BCUT2D eigenvalue weighted by Crippen LogP contribution is -2.54. The van der Waals surface area contributed by atoms with Crippen molar-refractivity contribution < 1.29 is 14.4 Å². The van der Waals surface area contributed by atoms with Crippen LogP contribution in [0.5, 0.6) is 0 Å². The van der Waals surface area contributed by atoms with Gasteiger partial charge in [0.1, 0.15) is 12.6 Å². The Morgan fingerprint density at radius 3 is 2.67 bits per heavy atom. The molecule has 30 heavy (non-hydrogen) atoms. The van der Waals surface area contributed by atoms with E-state index in [1.54, 1.807) is 48.2 Å².